The molecule has 0 bridgehead atoms. The van der Waals surface area contributed by atoms with Crippen LogP contribution in [0, 0.1) is 5.92 Å². The number of likely N-dealkylation sites (tertiary alicyclic amines) is 1. The third-order valence-corrected chi connectivity index (χ3v) is 2.73. The van der Waals surface area contributed by atoms with E-state index in [2.05, 4.69) is 9.55 Å². The highest BCUT2D eigenvalue weighted by atomic mass is 16.1. The average molecular weight is 193 g/mol. The van der Waals surface area contributed by atoms with Crippen molar-refractivity contribution in [3.63, 3.8) is 0 Å². The van der Waals surface area contributed by atoms with Crippen LogP contribution >= 0.6 is 0 Å². The number of hydrogen-bond acceptors (Lipinski definition) is 2. The second kappa shape index (κ2) is 4.26. The van der Waals surface area contributed by atoms with E-state index in [9.17, 15) is 4.79 Å². The number of rotatable bonds is 3. The molecule has 0 aliphatic carbocycles. The molecule has 1 atom stereocenters. The van der Waals surface area contributed by atoms with Crippen molar-refractivity contribution in [1.29, 1.82) is 0 Å². The first-order chi connectivity index (χ1) is 6.88. The summed E-state index contributed by atoms with van der Waals surface area (Å²) in [6, 6.07) is 0. The van der Waals surface area contributed by atoms with Crippen molar-refractivity contribution in [2.75, 3.05) is 13.1 Å². The summed E-state index contributed by atoms with van der Waals surface area (Å²) in [5.74, 6) is 0.586. The van der Waals surface area contributed by atoms with Gasteiger partial charge < -0.3 is 9.47 Å². The quantitative estimate of drug-likeness (QED) is 0.664. The van der Waals surface area contributed by atoms with Gasteiger partial charge >= 0.3 is 0 Å². The van der Waals surface area contributed by atoms with Crippen LogP contribution in [0.4, 0.5) is 0 Å². The summed E-state index contributed by atoms with van der Waals surface area (Å²) < 4.78 is 2.08. The number of nitrogens with zero attached hydrogens (tertiary/aromatic N) is 3. The molecule has 0 saturated carbocycles. The van der Waals surface area contributed by atoms with Gasteiger partial charge in [0.1, 0.15) is 0 Å². The Morgan fingerprint density at radius 3 is 3.21 bits per heavy atom. The molecule has 0 spiro atoms. The summed E-state index contributed by atoms with van der Waals surface area (Å²) in [5, 5.41) is 0. The highest BCUT2D eigenvalue weighted by Crippen LogP contribution is 2.16. The second-order valence-corrected chi connectivity index (χ2v) is 3.87. The molecule has 1 aromatic heterocycles. The molecule has 4 heteroatoms. The Hall–Kier alpha value is -1.32. The Kier molecular flexibility index (Phi) is 2.81. The predicted molar refractivity (Wildman–Crippen MR) is 52.6 cm³/mol. The first-order valence-electron chi connectivity index (χ1n) is 5.03. The lowest BCUT2D eigenvalue weighted by Gasteiger charge is -2.29. The SMILES string of the molecule is O=CN1CCCC(Cn2ccnc2)C1. The number of hydrogen-bond donors (Lipinski definition) is 0. The van der Waals surface area contributed by atoms with Gasteiger partial charge in [0.05, 0.1) is 6.33 Å². The minimum atomic E-state index is 0.586. The van der Waals surface area contributed by atoms with Crippen molar-refractivity contribution < 1.29 is 4.79 Å². The van der Waals surface area contributed by atoms with Gasteiger partial charge in [0, 0.05) is 32.0 Å². The molecule has 0 N–H and O–H groups in total. The molecule has 1 aliphatic heterocycles. The van der Waals surface area contributed by atoms with Crippen LogP contribution in [0.2, 0.25) is 0 Å². The van der Waals surface area contributed by atoms with Crippen LogP contribution in [0.1, 0.15) is 12.8 Å². The minimum absolute atomic E-state index is 0.586. The van der Waals surface area contributed by atoms with Crippen LogP contribution < -0.4 is 0 Å². The Morgan fingerprint density at radius 1 is 1.57 bits per heavy atom. The van der Waals surface area contributed by atoms with E-state index in [0.717, 1.165) is 32.5 Å². The number of amides is 1. The van der Waals surface area contributed by atoms with E-state index in [4.69, 9.17) is 0 Å². The Labute approximate surface area is 83.5 Å². The molecular formula is C10H15N3O. The summed E-state index contributed by atoms with van der Waals surface area (Å²) in [4.78, 5) is 16.5. The van der Waals surface area contributed by atoms with Gasteiger partial charge in [-0.2, -0.15) is 0 Å². The van der Waals surface area contributed by atoms with Gasteiger partial charge in [0.2, 0.25) is 6.41 Å². The monoisotopic (exact) mass is 193 g/mol. The molecule has 0 aromatic carbocycles. The molecule has 2 heterocycles. The molecule has 1 amide bonds. The summed E-state index contributed by atoms with van der Waals surface area (Å²) in [7, 11) is 0. The number of imidazole rings is 1. The molecule has 1 unspecified atom stereocenters. The molecule has 0 radical (unpaired) electrons. The lowest BCUT2D eigenvalue weighted by atomic mass is 9.98. The normalized spacial score (nSPS) is 22.3. The van der Waals surface area contributed by atoms with E-state index in [1.807, 2.05) is 17.4 Å². The largest absolute Gasteiger partial charge is 0.345 e. The third-order valence-electron chi connectivity index (χ3n) is 2.73. The maximum Gasteiger partial charge on any atom is 0.209 e. The fourth-order valence-corrected chi connectivity index (χ4v) is 2.03. The third kappa shape index (κ3) is 2.13. The first-order valence-corrected chi connectivity index (χ1v) is 5.03. The highest BCUT2D eigenvalue weighted by molar-refractivity contribution is 5.47. The van der Waals surface area contributed by atoms with Crippen molar-refractivity contribution in [3.05, 3.63) is 18.7 Å². The number of carbonyl (C=O) groups is 1. The van der Waals surface area contributed by atoms with Crippen LogP contribution in [0.5, 0.6) is 0 Å². The average Bonchev–Trinajstić information content (AvgIpc) is 2.71. The molecular weight excluding hydrogens is 178 g/mol. The fourth-order valence-electron chi connectivity index (χ4n) is 2.03. The van der Waals surface area contributed by atoms with Crippen molar-refractivity contribution >= 4 is 6.41 Å². The van der Waals surface area contributed by atoms with Gasteiger partial charge in [-0.1, -0.05) is 0 Å². The van der Waals surface area contributed by atoms with Crippen molar-refractivity contribution in [1.82, 2.24) is 14.5 Å². The molecule has 2 rings (SSSR count). The van der Waals surface area contributed by atoms with Crippen molar-refractivity contribution in [2.24, 2.45) is 5.92 Å². The van der Waals surface area contributed by atoms with Crippen LogP contribution in [0.25, 0.3) is 0 Å². The Morgan fingerprint density at radius 2 is 2.50 bits per heavy atom. The van der Waals surface area contributed by atoms with E-state index < -0.39 is 0 Å². The molecule has 76 valence electrons. The minimum Gasteiger partial charge on any atom is -0.345 e. The van der Waals surface area contributed by atoms with Gasteiger partial charge in [0.25, 0.3) is 0 Å². The maximum absolute atomic E-state index is 10.6. The molecule has 4 nitrogen and oxygen atoms in total. The zero-order chi connectivity index (χ0) is 9.80. The summed E-state index contributed by atoms with van der Waals surface area (Å²) in [6.07, 6.45) is 8.89. The topological polar surface area (TPSA) is 38.1 Å². The highest BCUT2D eigenvalue weighted by Gasteiger charge is 2.18. The predicted octanol–water partition coefficient (Wildman–Crippen LogP) is 0.752. The standard InChI is InChI=1S/C10H15N3O/c14-9-13-4-1-2-10(7-13)6-12-5-3-11-8-12/h3,5,8-10H,1-2,4,6-7H2. The molecule has 1 aromatic rings. The van der Waals surface area contributed by atoms with Crippen LogP contribution in [-0.4, -0.2) is 34.0 Å². The number of aromatic nitrogens is 2. The van der Waals surface area contributed by atoms with E-state index in [0.29, 0.717) is 5.92 Å². The molecule has 1 aliphatic rings. The van der Waals surface area contributed by atoms with E-state index >= 15 is 0 Å². The zero-order valence-corrected chi connectivity index (χ0v) is 8.17. The van der Waals surface area contributed by atoms with Gasteiger partial charge in [0.15, 0.2) is 0 Å². The van der Waals surface area contributed by atoms with Gasteiger partial charge in [-0.3, -0.25) is 4.79 Å². The maximum atomic E-state index is 10.6. The lowest BCUT2D eigenvalue weighted by molar-refractivity contribution is -0.119. The zero-order valence-electron chi connectivity index (χ0n) is 8.17. The Balaban J connectivity index is 1.89. The summed E-state index contributed by atoms with van der Waals surface area (Å²) in [5.41, 5.74) is 0. The van der Waals surface area contributed by atoms with Crippen LogP contribution in [0.3, 0.4) is 0 Å². The number of piperidine rings is 1. The van der Waals surface area contributed by atoms with Crippen molar-refractivity contribution in [2.45, 2.75) is 19.4 Å². The lowest BCUT2D eigenvalue weighted by Crippen LogP contribution is -2.35. The van der Waals surface area contributed by atoms with Crippen molar-refractivity contribution in [3.8, 4) is 0 Å². The van der Waals surface area contributed by atoms with E-state index in [-0.39, 0.29) is 0 Å². The van der Waals surface area contributed by atoms with Gasteiger partial charge in [-0.25, -0.2) is 4.98 Å². The molecule has 14 heavy (non-hydrogen) atoms. The van der Waals surface area contributed by atoms with E-state index in [1.54, 1.807) is 6.20 Å². The smallest absolute Gasteiger partial charge is 0.209 e. The van der Waals surface area contributed by atoms with Gasteiger partial charge in [-0.15, -0.1) is 0 Å². The van der Waals surface area contributed by atoms with E-state index in [1.165, 1.54) is 6.42 Å². The summed E-state index contributed by atoms with van der Waals surface area (Å²) >= 11 is 0. The molecule has 1 saturated heterocycles. The molecule has 1 fully saturated rings. The summed E-state index contributed by atoms with van der Waals surface area (Å²) in [6.45, 7) is 2.79. The fraction of sp³-hybridized carbons (Fsp3) is 0.600. The van der Waals surface area contributed by atoms with Crippen LogP contribution in [-0.2, 0) is 11.3 Å². The number of carbonyl (C=O) groups excluding carboxylic acids is 1. The second-order valence-electron chi connectivity index (χ2n) is 3.87. The Bertz CT molecular complexity index is 284. The van der Waals surface area contributed by atoms with Crippen LogP contribution in [0.15, 0.2) is 18.7 Å². The first kappa shape index (κ1) is 9.24. The van der Waals surface area contributed by atoms with Gasteiger partial charge in [-0.05, 0) is 18.8 Å².